The fraction of sp³-hybridized carbons (Fsp3) is 0.353. The first kappa shape index (κ1) is 17.9. The highest BCUT2D eigenvalue weighted by molar-refractivity contribution is 7.91. The monoisotopic (exact) mass is 385 g/mol. The molecule has 1 saturated heterocycles. The molecule has 1 amide bonds. The van der Waals surface area contributed by atoms with E-state index >= 15 is 0 Å². The molecule has 0 spiro atoms. The number of nitrogens with zero attached hydrogens (tertiary/aromatic N) is 1. The number of hydrogen-bond donors (Lipinski definition) is 0. The second-order valence-electron chi connectivity index (χ2n) is 6.06. The lowest BCUT2D eigenvalue weighted by Crippen LogP contribution is -2.57. The predicted molar refractivity (Wildman–Crippen MR) is 91.4 cm³/mol. The van der Waals surface area contributed by atoms with Crippen LogP contribution in [0.4, 0.5) is 4.39 Å². The Morgan fingerprint density at radius 2 is 2.08 bits per heavy atom. The Kier molecular flexibility index (Phi) is 5.15. The third-order valence-electron chi connectivity index (χ3n) is 4.24. The van der Waals surface area contributed by atoms with E-state index in [0.29, 0.717) is 17.7 Å². The Labute approximate surface area is 150 Å². The summed E-state index contributed by atoms with van der Waals surface area (Å²) in [6.07, 6.45) is 2.01. The van der Waals surface area contributed by atoms with Crippen molar-refractivity contribution in [3.05, 3.63) is 58.8 Å². The summed E-state index contributed by atoms with van der Waals surface area (Å²) < 4.78 is 42.9. The molecule has 0 saturated carbocycles. The summed E-state index contributed by atoms with van der Waals surface area (Å²) in [5.74, 6) is -0.412. The van der Waals surface area contributed by atoms with E-state index in [0.717, 1.165) is 0 Å². The molecule has 0 radical (unpaired) electrons. The molecule has 0 N–H and O–H groups in total. The molecule has 0 unspecified atom stereocenters. The van der Waals surface area contributed by atoms with Crippen LogP contribution in [0.15, 0.2) is 41.0 Å². The maximum atomic E-state index is 13.4. The molecule has 1 aliphatic rings. The van der Waals surface area contributed by atoms with Gasteiger partial charge in [-0.3, -0.25) is 4.79 Å². The number of furan rings is 1. The number of amides is 1. The Balaban J connectivity index is 1.48. The Hall–Kier alpha value is -1.86. The molecule has 25 heavy (non-hydrogen) atoms. The minimum Gasteiger partial charge on any atom is -0.468 e. The molecule has 0 bridgehead atoms. The molecule has 2 aromatic rings. The molecule has 0 aliphatic carbocycles. The van der Waals surface area contributed by atoms with Gasteiger partial charge in [0.05, 0.1) is 16.5 Å². The van der Waals surface area contributed by atoms with Gasteiger partial charge in [0.15, 0.2) is 9.84 Å². The van der Waals surface area contributed by atoms with Crippen LogP contribution in [0.1, 0.15) is 17.7 Å². The van der Waals surface area contributed by atoms with Gasteiger partial charge in [0.2, 0.25) is 5.91 Å². The number of hydrogen-bond acceptors (Lipinski definition) is 4. The normalized spacial score (nSPS) is 15.2. The lowest BCUT2D eigenvalue weighted by molar-refractivity contribution is -0.134. The van der Waals surface area contributed by atoms with Crippen molar-refractivity contribution in [2.75, 3.05) is 13.1 Å². The summed E-state index contributed by atoms with van der Waals surface area (Å²) in [6.45, 7) is 0.383. The lowest BCUT2D eigenvalue weighted by atomic mass is 10.1. The van der Waals surface area contributed by atoms with Crippen LogP contribution in [0, 0.1) is 5.82 Å². The van der Waals surface area contributed by atoms with Gasteiger partial charge in [-0.25, -0.2) is 12.8 Å². The zero-order valence-corrected chi connectivity index (χ0v) is 14.9. The highest BCUT2D eigenvalue weighted by Crippen LogP contribution is 2.22. The summed E-state index contributed by atoms with van der Waals surface area (Å²) in [5, 5.41) is -0.517. The van der Waals surface area contributed by atoms with Crippen LogP contribution >= 0.6 is 11.6 Å². The number of benzene rings is 1. The van der Waals surface area contributed by atoms with Gasteiger partial charge in [-0.05, 0) is 36.2 Å². The lowest BCUT2D eigenvalue weighted by Gasteiger charge is -2.38. The van der Waals surface area contributed by atoms with Gasteiger partial charge in [0.25, 0.3) is 0 Å². The highest BCUT2D eigenvalue weighted by atomic mass is 35.5. The van der Waals surface area contributed by atoms with Gasteiger partial charge in [0.1, 0.15) is 17.3 Å². The third kappa shape index (κ3) is 4.22. The van der Waals surface area contributed by atoms with Gasteiger partial charge < -0.3 is 9.32 Å². The zero-order valence-electron chi connectivity index (χ0n) is 13.3. The topological polar surface area (TPSA) is 67.6 Å². The summed E-state index contributed by atoms with van der Waals surface area (Å²) in [5.41, 5.74) is 0.678. The number of sulfone groups is 1. The Morgan fingerprint density at radius 3 is 2.72 bits per heavy atom. The van der Waals surface area contributed by atoms with Crippen LogP contribution in [0.3, 0.4) is 0 Å². The van der Waals surface area contributed by atoms with Crippen molar-refractivity contribution in [1.29, 1.82) is 0 Å². The minimum atomic E-state index is -3.34. The van der Waals surface area contributed by atoms with Crippen LogP contribution < -0.4 is 0 Å². The van der Waals surface area contributed by atoms with Crippen molar-refractivity contribution in [1.82, 2.24) is 4.90 Å². The van der Waals surface area contributed by atoms with E-state index in [2.05, 4.69) is 0 Å². The molecule has 1 aromatic carbocycles. The molecule has 0 atom stereocenters. The average Bonchev–Trinajstić information content (AvgIpc) is 2.98. The summed E-state index contributed by atoms with van der Waals surface area (Å²) in [7, 11) is -3.34. The van der Waals surface area contributed by atoms with Gasteiger partial charge >= 0.3 is 0 Å². The summed E-state index contributed by atoms with van der Waals surface area (Å²) in [4.78, 5) is 13.6. The molecule has 8 heteroatoms. The molecule has 1 aromatic heterocycles. The molecule has 1 aliphatic heterocycles. The summed E-state index contributed by atoms with van der Waals surface area (Å²) >= 11 is 5.62. The summed E-state index contributed by atoms with van der Waals surface area (Å²) in [6, 6.07) is 7.69. The molecule has 2 heterocycles. The van der Waals surface area contributed by atoms with Crippen LogP contribution in [-0.4, -0.2) is 37.6 Å². The van der Waals surface area contributed by atoms with Crippen LogP contribution in [0.25, 0.3) is 0 Å². The largest absolute Gasteiger partial charge is 0.468 e. The maximum absolute atomic E-state index is 13.4. The fourth-order valence-corrected chi connectivity index (χ4v) is 4.41. The molecule has 1 fully saturated rings. The number of rotatable bonds is 6. The SMILES string of the molecule is O=C(CCc1ccc(Cl)c(F)c1)N1CC(S(=O)(=O)Cc2ccco2)C1. The van der Waals surface area contributed by atoms with Crippen molar-refractivity contribution in [3.63, 3.8) is 0 Å². The van der Waals surface area contributed by atoms with Crippen molar-refractivity contribution in [3.8, 4) is 0 Å². The van der Waals surface area contributed by atoms with E-state index in [4.69, 9.17) is 16.0 Å². The maximum Gasteiger partial charge on any atom is 0.222 e. The van der Waals surface area contributed by atoms with Crippen molar-refractivity contribution in [2.45, 2.75) is 23.8 Å². The first-order valence-electron chi connectivity index (χ1n) is 7.81. The van der Waals surface area contributed by atoms with Gasteiger partial charge in [0, 0.05) is 19.5 Å². The predicted octanol–water partition coefficient (Wildman–Crippen LogP) is 2.83. The number of carbonyl (C=O) groups is 1. The second kappa shape index (κ2) is 7.17. The van der Waals surface area contributed by atoms with Crippen molar-refractivity contribution >= 4 is 27.3 Å². The molecular weight excluding hydrogens is 369 g/mol. The standard InChI is InChI=1S/C17H17ClFNO4S/c18-15-5-3-12(8-16(15)19)4-6-17(21)20-9-14(10-20)25(22,23)11-13-2-1-7-24-13/h1-3,5,7-8,14H,4,6,9-11H2. The van der Waals surface area contributed by atoms with E-state index in [9.17, 15) is 17.6 Å². The van der Waals surface area contributed by atoms with Crippen molar-refractivity contribution in [2.24, 2.45) is 0 Å². The number of likely N-dealkylation sites (tertiary alicyclic amines) is 1. The van der Waals surface area contributed by atoms with Gasteiger partial charge in [-0.1, -0.05) is 17.7 Å². The van der Waals surface area contributed by atoms with E-state index in [1.54, 1.807) is 18.2 Å². The molecular formula is C17H17ClFNO4S. The number of carbonyl (C=O) groups excluding carboxylic acids is 1. The van der Waals surface area contributed by atoms with Crippen LogP contribution in [-0.2, 0) is 26.8 Å². The van der Waals surface area contributed by atoms with Gasteiger partial charge in [-0.2, -0.15) is 0 Å². The number of aryl methyl sites for hydroxylation is 1. The number of halogens is 2. The molecule has 3 rings (SSSR count). The zero-order chi connectivity index (χ0) is 18.0. The first-order chi connectivity index (χ1) is 11.8. The smallest absolute Gasteiger partial charge is 0.222 e. The first-order valence-corrected chi connectivity index (χ1v) is 9.90. The van der Waals surface area contributed by atoms with E-state index < -0.39 is 20.9 Å². The average molecular weight is 386 g/mol. The van der Waals surface area contributed by atoms with E-state index in [1.165, 1.54) is 23.3 Å². The second-order valence-corrected chi connectivity index (χ2v) is 8.74. The van der Waals surface area contributed by atoms with Gasteiger partial charge in [-0.15, -0.1) is 0 Å². The quantitative estimate of drug-likeness (QED) is 0.766. The van der Waals surface area contributed by atoms with E-state index in [1.807, 2.05) is 0 Å². The minimum absolute atomic E-state index is 0.0439. The highest BCUT2D eigenvalue weighted by Gasteiger charge is 2.39. The Bertz CT molecular complexity index is 861. The van der Waals surface area contributed by atoms with Crippen LogP contribution in [0.5, 0.6) is 0 Å². The van der Waals surface area contributed by atoms with Crippen LogP contribution in [0.2, 0.25) is 5.02 Å². The van der Waals surface area contributed by atoms with Crippen molar-refractivity contribution < 1.29 is 22.0 Å². The molecule has 134 valence electrons. The third-order valence-corrected chi connectivity index (χ3v) is 6.55. The molecule has 5 nitrogen and oxygen atoms in total. The van der Waals surface area contributed by atoms with E-state index in [-0.39, 0.29) is 36.2 Å². The Morgan fingerprint density at radius 1 is 1.32 bits per heavy atom. The fourth-order valence-electron chi connectivity index (χ4n) is 2.68.